The quantitative estimate of drug-likeness (QED) is 0.421. The van der Waals surface area contributed by atoms with E-state index in [-0.39, 0.29) is 23.6 Å². The molecule has 1 aliphatic heterocycles. The predicted molar refractivity (Wildman–Crippen MR) is 149 cm³/mol. The van der Waals surface area contributed by atoms with Gasteiger partial charge in [0.1, 0.15) is 5.75 Å². The zero-order valence-electron chi connectivity index (χ0n) is 22.3. The van der Waals surface area contributed by atoms with Crippen molar-refractivity contribution in [3.05, 3.63) is 47.0 Å². The molecule has 0 unspecified atom stereocenters. The van der Waals surface area contributed by atoms with Gasteiger partial charge in [-0.05, 0) is 57.5 Å². The van der Waals surface area contributed by atoms with Gasteiger partial charge in [0.2, 0.25) is 10.0 Å². The summed E-state index contributed by atoms with van der Waals surface area (Å²) in [6.07, 6.45) is 1.17. The molecule has 0 saturated carbocycles. The number of anilines is 2. The summed E-state index contributed by atoms with van der Waals surface area (Å²) in [5.74, 6) is 0.947. The lowest BCUT2D eigenvalue weighted by atomic mass is 9.99. The van der Waals surface area contributed by atoms with Crippen LogP contribution in [0.4, 0.5) is 11.5 Å². The van der Waals surface area contributed by atoms with E-state index in [4.69, 9.17) is 31.9 Å². The molecule has 202 valence electrons. The van der Waals surface area contributed by atoms with Crippen LogP contribution < -0.4 is 14.8 Å². The Labute approximate surface area is 224 Å². The van der Waals surface area contributed by atoms with Crippen LogP contribution in [0, 0.1) is 0 Å². The van der Waals surface area contributed by atoms with Gasteiger partial charge in [-0.3, -0.25) is 9.58 Å². The maximum Gasteiger partial charge on any atom is 0.233 e. The zero-order valence-corrected chi connectivity index (χ0v) is 23.9. The van der Waals surface area contributed by atoms with E-state index in [1.165, 1.54) is 10.6 Å². The van der Waals surface area contributed by atoms with Crippen LogP contribution in [0.3, 0.4) is 0 Å². The Morgan fingerprint density at radius 1 is 1.08 bits per heavy atom. The molecule has 1 aliphatic rings. The molecule has 9 nitrogen and oxygen atoms in total. The fourth-order valence-corrected chi connectivity index (χ4v) is 6.27. The summed E-state index contributed by atoms with van der Waals surface area (Å²) >= 11 is 6.63. The number of rotatable bonds is 8. The van der Waals surface area contributed by atoms with Crippen LogP contribution in [0.2, 0.25) is 5.02 Å². The van der Waals surface area contributed by atoms with E-state index in [9.17, 15) is 8.42 Å². The van der Waals surface area contributed by atoms with E-state index in [1.807, 2.05) is 12.1 Å². The molecule has 37 heavy (non-hydrogen) atoms. The Balaban J connectivity index is 1.73. The molecule has 2 heterocycles. The molecule has 4 rings (SSSR count). The van der Waals surface area contributed by atoms with Crippen LogP contribution in [0.1, 0.15) is 33.3 Å². The number of ether oxygens (including phenoxy) is 2. The van der Waals surface area contributed by atoms with E-state index in [0.717, 1.165) is 18.7 Å². The van der Waals surface area contributed by atoms with Crippen molar-refractivity contribution < 1.29 is 17.9 Å². The number of nitrogens with two attached hydrogens (primary N) is 1. The second-order valence-electron chi connectivity index (χ2n) is 10.9. The van der Waals surface area contributed by atoms with Gasteiger partial charge in [0.25, 0.3) is 0 Å². The molecular weight excluding hydrogens is 514 g/mol. The van der Waals surface area contributed by atoms with E-state index in [1.54, 1.807) is 36.1 Å². The van der Waals surface area contributed by atoms with E-state index >= 15 is 0 Å². The van der Waals surface area contributed by atoms with Crippen molar-refractivity contribution in [2.24, 2.45) is 0 Å². The molecule has 0 radical (unpaired) electrons. The molecular formula is C26H36ClN5O4S. The number of hydrogen-bond acceptors (Lipinski definition) is 7. The van der Waals surface area contributed by atoms with Crippen LogP contribution in [-0.2, 0) is 27.8 Å². The summed E-state index contributed by atoms with van der Waals surface area (Å²) in [4.78, 5) is 2.34. The highest BCUT2D eigenvalue weighted by molar-refractivity contribution is 7.92. The van der Waals surface area contributed by atoms with Crippen LogP contribution in [0.25, 0.3) is 10.9 Å². The minimum atomic E-state index is -3.71. The minimum absolute atomic E-state index is 0.0892. The third kappa shape index (κ3) is 6.14. The molecule has 0 spiro atoms. The maximum atomic E-state index is 13.0. The third-order valence-corrected chi connectivity index (χ3v) is 7.78. The first-order chi connectivity index (χ1) is 17.2. The SMILES string of the molecule is COc1ccc(CN(c2nn(CCN3CC(C)(C)OC(C)(C)C3)c3c(N)ccc(Cl)c23)S(C)(=O)=O)cc1. The molecule has 0 aliphatic carbocycles. The Morgan fingerprint density at radius 3 is 2.27 bits per heavy atom. The molecule has 2 aromatic carbocycles. The monoisotopic (exact) mass is 549 g/mol. The van der Waals surface area contributed by atoms with Gasteiger partial charge in [-0.2, -0.15) is 5.10 Å². The van der Waals surface area contributed by atoms with Gasteiger partial charge in [-0.25, -0.2) is 12.7 Å². The van der Waals surface area contributed by atoms with Crippen LogP contribution in [0.5, 0.6) is 5.75 Å². The number of nitrogens with zero attached hydrogens (tertiary/aromatic N) is 4. The lowest BCUT2D eigenvalue weighted by Crippen LogP contribution is -2.57. The Bertz CT molecular complexity index is 1370. The first-order valence-corrected chi connectivity index (χ1v) is 14.4. The Morgan fingerprint density at radius 2 is 1.70 bits per heavy atom. The zero-order chi connectivity index (χ0) is 27.2. The number of halogens is 1. The molecule has 1 fully saturated rings. The number of sulfonamides is 1. The van der Waals surface area contributed by atoms with Gasteiger partial charge < -0.3 is 15.2 Å². The second-order valence-corrected chi connectivity index (χ2v) is 13.2. The average molecular weight is 550 g/mol. The lowest BCUT2D eigenvalue weighted by Gasteiger charge is -2.47. The molecule has 0 atom stereocenters. The van der Waals surface area contributed by atoms with Gasteiger partial charge in [0, 0.05) is 19.6 Å². The van der Waals surface area contributed by atoms with Crippen molar-refractivity contribution in [1.29, 1.82) is 0 Å². The van der Waals surface area contributed by atoms with Crippen molar-refractivity contribution in [2.75, 3.05) is 43.0 Å². The third-order valence-electron chi connectivity index (χ3n) is 6.37. The summed E-state index contributed by atoms with van der Waals surface area (Å²) in [6.45, 7) is 11.2. The Kier molecular flexibility index (Phi) is 7.42. The van der Waals surface area contributed by atoms with Gasteiger partial charge in [-0.1, -0.05) is 23.7 Å². The fourth-order valence-electron chi connectivity index (χ4n) is 5.21. The van der Waals surface area contributed by atoms with Crippen molar-refractivity contribution in [3.63, 3.8) is 0 Å². The first-order valence-electron chi connectivity index (χ1n) is 12.2. The molecule has 1 aromatic heterocycles. The standard InChI is InChI=1S/C26H36ClN5O4S/c1-25(2)16-30(17-26(3,4)36-25)13-14-31-23-21(28)12-11-20(27)22(23)24(29-31)32(37(6,33)34)15-18-7-9-19(35-5)10-8-18/h7-12H,13-17,28H2,1-6H3. The smallest absolute Gasteiger partial charge is 0.233 e. The predicted octanol–water partition coefficient (Wildman–Crippen LogP) is 4.14. The van der Waals surface area contributed by atoms with Crippen molar-refractivity contribution in [1.82, 2.24) is 14.7 Å². The number of aromatic nitrogens is 2. The van der Waals surface area contributed by atoms with E-state index in [0.29, 0.717) is 40.5 Å². The Hall–Kier alpha value is -2.53. The molecule has 1 saturated heterocycles. The second kappa shape index (κ2) is 9.98. The first kappa shape index (κ1) is 27.5. The largest absolute Gasteiger partial charge is 0.497 e. The highest BCUT2D eigenvalue weighted by atomic mass is 35.5. The summed E-state index contributed by atoms with van der Waals surface area (Å²) in [7, 11) is -2.12. The highest BCUT2D eigenvalue weighted by Crippen LogP contribution is 2.38. The topological polar surface area (TPSA) is 103 Å². The fraction of sp³-hybridized carbons (Fsp3) is 0.500. The number of methoxy groups -OCH3 is 1. The molecule has 3 aromatic rings. The maximum absolute atomic E-state index is 13.0. The lowest BCUT2D eigenvalue weighted by molar-refractivity contribution is -0.180. The van der Waals surface area contributed by atoms with Crippen molar-refractivity contribution in [3.8, 4) is 5.75 Å². The number of fused-ring (bicyclic) bond motifs is 1. The minimum Gasteiger partial charge on any atom is -0.497 e. The van der Waals surface area contributed by atoms with Crippen LogP contribution in [0.15, 0.2) is 36.4 Å². The molecule has 2 N–H and O–H groups in total. The van der Waals surface area contributed by atoms with Gasteiger partial charge >= 0.3 is 0 Å². The molecule has 0 bridgehead atoms. The summed E-state index contributed by atoms with van der Waals surface area (Å²) < 4.78 is 40.5. The summed E-state index contributed by atoms with van der Waals surface area (Å²) in [6, 6.07) is 10.6. The molecule has 11 heteroatoms. The van der Waals surface area contributed by atoms with E-state index < -0.39 is 10.0 Å². The number of nitrogen functional groups attached to an aromatic ring is 1. The summed E-state index contributed by atoms with van der Waals surface area (Å²) in [5.41, 5.74) is 7.72. The number of morpholine rings is 1. The highest BCUT2D eigenvalue weighted by Gasteiger charge is 2.38. The number of benzene rings is 2. The average Bonchev–Trinajstić information content (AvgIpc) is 3.16. The van der Waals surface area contributed by atoms with Crippen molar-refractivity contribution in [2.45, 2.75) is 52.0 Å². The molecule has 0 amide bonds. The van der Waals surface area contributed by atoms with Crippen LogP contribution >= 0.6 is 11.6 Å². The summed E-state index contributed by atoms with van der Waals surface area (Å²) in [5, 5.41) is 5.69. The van der Waals surface area contributed by atoms with Gasteiger partial charge in [-0.15, -0.1) is 0 Å². The number of hydrogen-bond donors (Lipinski definition) is 1. The van der Waals surface area contributed by atoms with Crippen molar-refractivity contribution >= 4 is 44.0 Å². The van der Waals surface area contributed by atoms with Crippen LogP contribution in [-0.4, -0.2) is 67.3 Å². The normalized spacial score (nSPS) is 17.7. The van der Waals surface area contributed by atoms with Gasteiger partial charge in [0.05, 0.1) is 59.3 Å². The van der Waals surface area contributed by atoms with Gasteiger partial charge in [0.15, 0.2) is 5.82 Å². The van der Waals surface area contributed by atoms with E-state index in [2.05, 4.69) is 32.6 Å².